The van der Waals surface area contributed by atoms with Crippen LogP contribution in [0.2, 0.25) is 0 Å². The Morgan fingerprint density at radius 2 is 1.65 bits per heavy atom. The standard InChI is InChI=1S/C14H20O3/c15-13-17-11-5-4-10-16-12-6-9-14-7-2-1-3-8-14/h1-3,7-8,13H,4-6,9-12H2. The number of unbranched alkanes of at least 4 members (excludes halogenated alkanes) is 1. The molecule has 17 heavy (non-hydrogen) atoms. The van der Waals surface area contributed by atoms with Crippen molar-refractivity contribution in [3.05, 3.63) is 35.9 Å². The van der Waals surface area contributed by atoms with Crippen LogP contribution in [0.4, 0.5) is 0 Å². The quantitative estimate of drug-likeness (QED) is 0.462. The monoisotopic (exact) mass is 236 g/mol. The Balaban J connectivity index is 1.86. The predicted octanol–water partition coefficient (Wildman–Crippen LogP) is 2.59. The molecule has 0 aliphatic carbocycles. The van der Waals surface area contributed by atoms with Crippen molar-refractivity contribution in [1.82, 2.24) is 0 Å². The summed E-state index contributed by atoms with van der Waals surface area (Å²) in [5, 5.41) is 0. The number of aryl methyl sites for hydroxylation is 1. The lowest BCUT2D eigenvalue weighted by atomic mass is 10.1. The fraction of sp³-hybridized carbons (Fsp3) is 0.500. The Bertz CT molecular complexity index is 285. The maximum absolute atomic E-state index is 9.86. The molecule has 94 valence electrons. The van der Waals surface area contributed by atoms with Crippen LogP contribution in [-0.4, -0.2) is 26.3 Å². The number of hydrogen-bond donors (Lipinski definition) is 0. The second kappa shape index (κ2) is 9.85. The lowest BCUT2D eigenvalue weighted by molar-refractivity contribution is -0.128. The van der Waals surface area contributed by atoms with Crippen molar-refractivity contribution in [3.8, 4) is 0 Å². The van der Waals surface area contributed by atoms with Crippen molar-refractivity contribution in [2.45, 2.75) is 25.7 Å². The highest BCUT2D eigenvalue weighted by atomic mass is 16.5. The second-order valence-corrected chi connectivity index (χ2v) is 3.88. The summed E-state index contributed by atoms with van der Waals surface area (Å²) >= 11 is 0. The Morgan fingerprint density at radius 3 is 2.41 bits per heavy atom. The van der Waals surface area contributed by atoms with Crippen LogP contribution in [-0.2, 0) is 20.7 Å². The molecule has 0 saturated carbocycles. The first kappa shape index (κ1) is 13.7. The summed E-state index contributed by atoms with van der Waals surface area (Å²) in [6, 6.07) is 10.4. The number of hydrogen-bond acceptors (Lipinski definition) is 3. The van der Waals surface area contributed by atoms with Gasteiger partial charge in [0.1, 0.15) is 0 Å². The van der Waals surface area contributed by atoms with Gasteiger partial charge in [-0.15, -0.1) is 0 Å². The fourth-order valence-corrected chi connectivity index (χ4v) is 1.56. The van der Waals surface area contributed by atoms with Crippen molar-refractivity contribution in [2.75, 3.05) is 19.8 Å². The van der Waals surface area contributed by atoms with Gasteiger partial charge in [-0.25, -0.2) is 0 Å². The first-order valence-electron chi connectivity index (χ1n) is 6.10. The van der Waals surface area contributed by atoms with E-state index in [-0.39, 0.29) is 0 Å². The number of rotatable bonds is 10. The molecule has 0 amide bonds. The van der Waals surface area contributed by atoms with Gasteiger partial charge in [0, 0.05) is 13.2 Å². The van der Waals surface area contributed by atoms with Gasteiger partial charge < -0.3 is 9.47 Å². The number of carbonyl (C=O) groups is 1. The molecule has 0 aromatic heterocycles. The zero-order valence-corrected chi connectivity index (χ0v) is 10.1. The van der Waals surface area contributed by atoms with Crippen LogP contribution in [0.15, 0.2) is 30.3 Å². The van der Waals surface area contributed by atoms with Gasteiger partial charge in [0.25, 0.3) is 6.47 Å². The zero-order valence-electron chi connectivity index (χ0n) is 10.1. The van der Waals surface area contributed by atoms with Gasteiger partial charge in [0.05, 0.1) is 6.61 Å². The van der Waals surface area contributed by atoms with E-state index in [1.165, 1.54) is 5.56 Å². The molecule has 0 atom stereocenters. The Labute approximate surface area is 103 Å². The minimum atomic E-state index is 0.487. The molecule has 0 fully saturated rings. The number of benzene rings is 1. The molecule has 0 aliphatic rings. The number of carbonyl (C=O) groups excluding carboxylic acids is 1. The van der Waals surface area contributed by atoms with E-state index in [0.29, 0.717) is 13.1 Å². The molecule has 0 N–H and O–H groups in total. The third kappa shape index (κ3) is 7.53. The third-order valence-corrected chi connectivity index (χ3v) is 2.47. The van der Waals surface area contributed by atoms with Crippen LogP contribution < -0.4 is 0 Å². The van der Waals surface area contributed by atoms with Crippen LogP contribution in [0.3, 0.4) is 0 Å². The number of ether oxygens (including phenoxy) is 2. The van der Waals surface area contributed by atoms with E-state index in [1.807, 2.05) is 6.07 Å². The summed E-state index contributed by atoms with van der Waals surface area (Å²) in [6.07, 6.45) is 3.93. The molecule has 1 rings (SSSR count). The molecule has 3 nitrogen and oxygen atoms in total. The zero-order chi connectivity index (χ0) is 12.2. The molecule has 1 aromatic rings. The summed E-state index contributed by atoms with van der Waals surface area (Å²) in [5.41, 5.74) is 1.36. The predicted molar refractivity (Wildman–Crippen MR) is 66.8 cm³/mol. The van der Waals surface area contributed by atoms with E-state index >= 15 is 0 Å². The Morgan fingerprint density at radius 1 is 0.941 bits per heavy atom. The topological polar surface area (TPSA) is 35.5 Å². The first-order chi connectivity index (χ1) is 8.43. The maximum atomic E-state index is 9.86. The highest BCUT2D eigenvalue weighted by molar-refractivity contribution is 5.36. The summed E-state index contributed by atoms with van der Waals surface area (Å²) < 4.78 is 10.1. The average Bonchev–Trinajstić information content (AvgIpc) is 2.38. The van der Waals surface area contributed by atoms with Gasteiger partial charge in [-0.2, -0.15) is 0 Å². The first-order valence-corrected chi connectivity index (χ1v) is 6.10. The van der Waals surface area contributed by atoms with Crippen LogP contribution in [0.25, 0.3) is 0 Å². The van der Waals surface area contributed by atoms with Crippen molar-refractivity contribution in [2.24, 2.45) is 0 Å². The minimum Gasteiger partial charge on any atom is -0.468 e. The van der Waals surface area contributed by atoms with Gasteiger partial charge in [-0.3, -0.25) is 4.79 Å². The molecule has 0 radical (unpaired) electrons. The third-order valence-electron chi connectivity index (χ3n) is 2.47. The van der Waals surface area contributed by atoms with Gasteiger partial charge in [-0.05, 0) is 31.2 Å². The lowest BCUT2D eigenvalue weighted by Gasteiger charge is -2.04. The van der Waals surface area contributed by atoms with E-state index in [1.54, 1.807) is 0 Å². The maximum Gasteiger partial charge on any atom is 0.293 e. The molecule has 0 bridgehead atoms. The average molecular weight is 236 g/mol. The minimum absolute atomic E-state index is 0.487. The van der Waals surface area contributed by atoms with E-state index in [0.717, 1.165) is 38.9 Å². The summed E-state index contributed by atoms with van der Waals surface area (Å²) in [5.74, 6) is 0. The van der Waals surface area contributed by atoms with Gasteiger partial charge in [-0.1, -0.05) is 30.3 Å². The fourth-order valence-electron chi connectivity index (χ4n) is 1.56. The van der Waals surface area contributed by atoms with Crippen molar-refractivity contribution in [1.29, 1.82) is 0 Å². The normalized spacial score (nSPS) is 10.1. The molecular formula is C14H20O3. The van der Waals surface area contributed by atoms with Crippen molar-refractivity contribution >= 4 is 6.47 Å². The largest absolute Gasteiger partial charge is 0.468 e. The van der Waals surface area contributed by atoms with Crippen LogP contribution in [0.1, 0.15) is 24.8 Å². The van der Waals surface area contributed by atoms with Crippen molar-refractivity contribution in [3.63, 3.8) is 0 Å². The molecule has 0 saturated heterocycles. The van der Waals surface area contributed by atoms with Gasteiger partial charge in [0.2, 0.25) is 0 Å². The molecule has 0 aliphatic heterocycles. The van der Waals surface area contributed by atoms with Crippen LogP contribution in [0.5, 0.6) is 0 Å². The van der Waals surface area contributed by atoms with Crippen LogP contribution >= 0.6 is 0 Å². The van der Waals surface area contributed by atoms with E-state index in [9.17, 15) is 4.79 Å². The Kier molecular flexibility index (Phi) is 7.94. The van der Waals surface area contributed by atoms with E-state index in [2.05, 4.69) is 29.0 Å². The second-order valence-electron chi connectivity index (χ2n) is 3.88. The molecule has 0 spiro atoms. The summed E-state index contributed by atoms with van der Waals surface area (Å²) in [6.45, 7) is 2.53. The summed E-state index contributed by atoms with van der Waals surface area (Å²) in [7, 11) is 0. The summed E-state index contributed by atoms with van der Waals surface area (Å²) in [4.78, 5) is 9.86. The SMILES string of the molecule is O=COCCCCOCCCc1ccccc1. The van der Waals surface area contributed by atoms with Crippen LogP contribution in [0, 0.1) is 0 Å². The van der Waals surface area contributed by atoms with Crippen molar-refractivity contribution < 1.29 is 14.3 Å². The van der Waals surface area contributed by atoms with E-state index < -0.39 is 0 Å². The highest BCUT2D eigenvalue weighted by Gasteiger charge is 1.93. The molecule has 3 heteroatoms. The molecule has 0 heterocycles. The van der Waals surface area contributed by atoms with Gasteiger partial charge in [0.15, 0.2) is 0 Å². The molecule has 1 aromatic carbocycles. The lowest BCUT2D eigenvalue weighted by Crippen LogP contribution is -2.00. The molecule has 0 unspecified atom stereocenters. The smallest absolute Gasteiger partial charge is 0.293 e. The van der Waals surface area contributed by atoms with Gasteiger partial charge >= 0.3 is 0 Å². The Hall–Kier alpha value is -1.35. The molecular weight excluding hydrogens is 216 g/mol. The highest BCUT2D eigenvalue weighted by Crippen LogP contribution is 2.02. The van der Waals surface area contributed by atoms with E-state index in [4.69, 9.17) is 4.74 Å².